The van der Waals surface area contributed by atoms with E-state index in [9.17, 15) is 0 Å². The molecule has 7 rings (SSSR count). The van der Waals surface area contributed by atoms with E-state index in [2.05, 4.69) is 120 Å². The van der Waals surface area contributed by atoms with Crippen LogP contribution >= 0.6 is 97.6 Å². The zero-order valence-electron chi connectivity index (χ0n) is 25.2. The van der Waals surface area contributed by atoms with Gasteiger partial charge >= 0.3 is 33.1 Å². The normalized spacial score (nSPS) is 8.96. The van der Waals surface area contributed by atoms with Crippen LogP contribution in [-0.4, -0.2) is 0 Å². The van der Waals surface area contributed by atoms with Gasteiger partial charge in [-0.15, -0.1) is 51.8 Å². The average molecular weight is 1110 g/mol. The van der Waals surface area contributed by atoms with E-state index in [-0.39, 0.29) is 27.8 Å². The first kappa shape index (κ1) is 44.2. The topological polar surface area (TPSA) is 0 Å². The van der Waals surface area contributed by atoms with Gasteiger partial charge < -0.3 is 0 Å². The minimum Gasteiger partial charge on any atom is 0 e. The molecule has 0 bridgehead atoms. The molecule has 9 heteroatoms. The SMILES string of the molecule is Brc1csc(-c2cc(Br)cs2)c1.C.C#Cc1ccccc1.C(#Cc1csc(-c2cc(C#Cc3ccccc3)cs2)c1)c1ccccc1.[Cu][I].[Pd]. The van der Waals surface area contributed by atoms with E-state index in [4.69, 9.17) is 6.42 Å². The van der Waals surface area contributed by atoms with Crippen LogP contribution in [0.25, 0.3) is 19.5 Å². The number of halogens is 3. The van der Waals surface area contributed by atoms with Crippen molar-refractivity contribution in [2.45, 2.75) is 7.43 Å². The van der Waals surface area contributed by atoms with Crippen LogP contribution in [0.1, 0.15) is 35.2 Å². The van der Waals surface area contributed by atoms with Crippen LogP contribution < -0.4 is 0 Å². The Morgan fingerprint density at radius 1 is 0.460 bits per heavy atom. The molecule has 0 atom stereocenters. The van der Waals surface area contributed by atoms with Crippen molar-refractivity contribution in [1.82, 2.24) is 0 Å². The largest absolute Gasteiger partial charge is 0 e. The summed E-state index contributed by atoms with van der Waals surface area (Å²) >= 11 is 19.7. The zero-order chi connectivity index (χ0) is 34.0. The molecule has 3 aromatic carbocycles. The zero-order valence-corrected chi connectivity index (χ0v) is 36.3. The van der Waals surface area contributed by atoms with E-state index >= 15 is 0 Å². The molecule has 258 valence electrons. The molecule has 7 aromatic rings. The number of thiophene rings is 4. The molecule has 0 aliphatic heterocycles. The van der Waals surface area contributed by atoms with Crippen molar-refractivity contribution in [1.29, 1.82) is 0 Å². The second kappa shape index (κ2) is 25.1. The Balaban J connectivity index is 0.000000299. The van der Waals surface area contributed by atoms with Crippen LogP contribution in [0.5, 0.6) is 0 Å². The molecule has 0 saturated heterocycles. The fourth-order valence-corrected chi connectivity index (χ4v) is 8.57. The maximum absolute atomic E-state index is 5.10. The van der Waals surface area contributed by atoms with Gasteiger partial charge in [-0.3, -0.25) is 0 Å². The fourth-order valence-electron chi connectivity index (χ4n) is 3.81. The van der Waals surface area contributed by atoms with Crippen LogP contribution in [0, 0.1) is 36.0 Å². The fraction of sp³-hybridized carbons (Fsp3) is 0.0244. The monoisotopic (exact) mass is 1100 g/mol. The van der Waals surface area contributed by atoms with Gasteiger partial charge in [0.05, 0.1) is 0 Å². The van der Waals surface area contributed by atoms with Crippen molar-refractivity contribution in [3.8, 4) is 55.5 Å². The second-order valence-electron chi connectivity index (χ2n) is 9.40. The van der Waals surface area contributed by atoms with Crippen molar-refractivity contribution in [2.24, 2.45) is 0 Å². The van der Waals surface area contributed by atoms with Crippen molar-refractivity contribution >= 4 is 97.6 Å². The molecule has 0 unspecified atom stereocenters. The van der Waals surface area contributed by atoms with Crippen LogP contribution in [-0.2, 0) is 33.2 Å². The van der Waals surface area contributed by atoms with Gasteiger partial charge in [0.1, 0.15) is 0 Å². The summed E-state index contributed by atoms with van der Waals surface area (Å²) in [5, 5.41) is 8.42. The summed E-state index contributed by atoms with van der Waals surface area (Å²) in [4.78, 5) is 5.11. The molecule has 0 aliphatic carbocycles. The minimum atomic E-state index is 0. The molecule has 0 radical (unpaired) electrons. The van der Waals surface area contributed by atoms with E-state index in [0.29, 0.717) is 0 Å². The number of terminal acetylenes is 1. The Labute approximate surface area is 362 Å². The van der Waals surface area contributed by atoms with Gasteiger partial charge in [0.25, 0.3) is 0 Å². The molecule has 0 fully saturated rings. The minimum absolute atomic E-state index is 0. The van der Waals surface area contributed by atoms with Gasteiger partial charge in [0.15, 0.2) is 0 Å². The van der Waals surface area contributed by atoms with Crippen LogP contribution in [0.2, 0.25) is 0 Å². The summed E-state index contributed by atoms with van der Waals surface area (Å²) in [6.45, 7) is 0. The molecule has 0 amide bonds. The molecule has 0 saturated carbocycles. The van der Waals surface area contributed by atoms with Crippen molar-refractivity contribution < 1.29 is 33.2 Å². The maximum atomic E-state index is 5.10. The van der Waals surface area contributed by atoms with E-state index in [1.165, 1.54) is 19.5 Å². The molecule has 0 N–H and O–H groups in total. The quantitative estimate of drug-likeness (QED) is 0.0919. The summed E-state index contributed by atoms with van der Waals surface area (Å²) in [6, 6.07) is 38.3. The van der Waals surface area contributed by atoms with Gasteiger partial charge in [0.2, 0.25) is 0 Å². The Kier molecular flexibility index (Phi) is 22.1. The Hall–Kier alpha value is -1.99. The molecular weight excluding hydrogens is 1080 g/mol. The predicted octanol–water partition coefficient (Wildman–Crippen LogP) is 14.5. The van der Waals surface area contributed by atoms with Gasteiger partial charge in [-0.05, 0) is 92.5 Å². The molecule has 0 spiro atoms. The average Bonchev–Trinajstić information content (AvgIpc) is 3.98. The summed E-state index contributed by atoms with van der Waals surface area (Å²) < 4.78 is 2.32. The first-order chi connectivity index (χ1) is 23.6. The Morgan fingerprint density at radius 2 is 0.760 bits per heavy atom. The number of benzene rings is 3. The third-order valence-corrected chi connectivity index (χ3v) is 11.6. The molecule has 4 heterocycles. The third-order valence-electron chi connectivity index (χ3n) is 6.01. The van der Waals surface area contributed by atoms with Gasteiger partial charge in [-0.2, -0.15) is 0 Å². The molecule has 0 nitrogen and oxygen atoms in total. The van der Waals surface area contributed by atoms with Gasteiger partial charge in [-0.1, -0.05) is 91.6 Å². The molecule has 50 heavy (non-hydrogen) atoms. The molecule has 0 aliphatic rings. The summed E-state index contributed by atoms with van der Waals surface area (Å²) in [5.41, 5.74) is 5.12. The smallest absolute Gasteiger partial charge is 0 e. The Morgan fingerprint density at radius 3 is 1.06 bits per heavy atom. The maximum Gasteiger partial charge on any atom is 0 e. The standard InChI is InChI=1S/C24H14S2.C8H4Br2S2.C8H6.CH4.Cu.HI.Pd/c1-3-7-19(8-4-1)11-13-21-15-23(25-17-21)24-16-22(18-26-24)14-12-20-9-5-2-6-10-20;9-5-1-7(11-3-5)8-2-6(10)4-12-8;1-2-8-6-4-3-5-7-8;;;;/h1-10,15-18H;1-4H;1,3-7H;1H4;;1H;/q;;;;+1;;/p-1. The van der Waals surface area contributed by atoms with Crippen LogP contribution in [0.4, 0.5) is 0 Å². The van der Waals surface area contributed by atoms with E-state index in [1.54, 1.807) is 65.7 Å². The summed E-state index contributed by atoms with van der Waals surface area (Å²) in [6.07, 6.45) is 5.10. The van der Waals surface area contributed by atoms with Crippen LogP contribution in [0.3, 0.4) is 0 Å². The first-order valence-electron chi connectivity index (χ1n) is 14.0. The summed E-state index contributed by atoms with van der Waals surface area (Å²) in [7, 11) is 0. The second-order valence-corrected chi connectivity index (χ2v) is 14.9. The molecular formula is C41H28Br2CuIPdS4. The third kappa shape index (κ3) is 15.3. The summed E-state index contributed by atoms with van der Waals surface area (Å²) in [5.74, 6) is 15.4. The Bertz CT molecular complexity index is 2030. The predicted molar refractivity (Wildman–Crippen MR) is 231 cm³/mol. The number of hydrogen-bond donors (Lipinski definition) is 0. The van der Waals surface area contributed by atoms with Gasteiger partial charge in [0, 0.05) is 98.2 Å². The van der Waals surface area contributed by atoms with Crippen molar-refractivity contribution in [3.63, 3.8) is 0 Å². The van der Waals surface area contributed by atoms with Crippen molar-refractivity contribution in [2.75, 3.05) is 0 Å². The van der Waals surface area contributed by atoms with E-state index in [0.717, 1.165) is 36.8 Å². The van der Waals surface area contributed by atoms with Gasteiger partial charge in [-0.25, -0.2) is 0 Å². The number of rotatable bonds is 2. The molecule has 4 aromatic heterocycles. The first-order valence-corrected chi connectivity index (χ1v) is 22.1. The number of hydrogen-bond acceptors (Lipinski definition) is 4. The van der Waals surface area contributed by atoms with E-state index in [1.807, 2.05) is 91.0 Å². The van der Waals surface area contributed by atoms with Crippen molar-refractivity contribution in [3.05, 3.63) is 174 Å². The van der Waals surface area contributed by atoms with E-state index < -0.39 is 0 Å². The van der Waals surface area contributed by atoms with Crippen LogP contribution in [0.15, 0.2) is 146 Å².